The topological polar surface area (TPSA) is 41.4 Å². The lowest BCUT2D eigenvalue weighted by molar-refractivity contribution is -0.132. The summed E-state index contributed by atoms with van der Waals surface area (Å²) in [5.74, 6) is 1.19. The molecule has 0 aliphatic carbocycles. The smallest absolute Gasteiger partial charge is 0.225 e. The van der Waals surface area contributed by atoms with E-state index in [2.05, 4.69) is 45.6 Å². The number of amides is 1. The Hall–Kier alpha value is -3.08. The lowest BCUT2D eigenvalue weighted by atomic mass is 10.0. The maximum atomic E-state index is 13.1. The standard InChI is InChI=1S/C23H26N4O/c1-19-7-6-8-20(17-19)21(25-11-4-5-12-25)18-23(28)27-15-13-26(14-16-27)22-9-2-3-10-24-22/h2-12,17,21H,13-16,18H2,1H3/t21-/m0/s1. The molecule has 2 aromatic heterocycles. The van der Waals surface area contributed by atoms with Crippen LogP contribution in [-0.4, -0.2) is 46.5 Å². The van der Waals surface area contributed by atoms with E-state index in [-0.39, 0.29) is 11.9 Å². The number of benzene rings is 1. The van der Waals surface area contributed by atoms with Gasteiger partial charge in [0.2, 0.25) is 5.91 Å². The predicted molar refractivity (Wildman–Crippen MR) is 111 cm³/mol. The van der Waals surface area contributed by atoms with E-state index < -0.39 is 0 Å². The highest BCUT2D eigenvalue weighted by molar-refractivity contribution is 5.77. The van der Waals surface area contributed by atoms with Gasteiger partial charge in [-0.3, -0.25) is 4.79 Å². The Morgan fingerprint density at radius 1 is 1.00 bits per heavy atom. The van der Waals surface area contributed by atoms with Crippen LogP contribution in [0.1, 0.15) is 23.6 Å². The summed E-state index contributed by atoms with van der Waals surface area (Å²) < 4.78 is 2.14. The highest BCUT2D eigenvalue weighted by Gasteiger charge is 2.25. The van der Waals surface area contributed by atoms with Gasteiger partial charge >= 0.3 is 0 Å². The molecule has 3 heterocycles. The second kappa shape index (κ2) is 8.30. The van der Waals surface area contributed by atoms with Gasteiger partial charge in [0, 0.05) is 44.8 Å². The number of anilines is 1. The van der Waals surface area contributed by atoms with E-state index in [1.165, 1.54) is 11.1 Å². The summed E-state index contributed by atoms with van der Waals surface area (Å²) in [6, 6.07) is 18.5. The summed E-state index contributed by atoms with van der Waals surface area (Å²) in [5, 5.41) is 0. The fraction of sp³-hybridized carbons (Fsp3) is 0.304. The first-order valence-electron chi connectivity index (χ1n) is 9.83. The van der Waals surface area contributed by atoms with Crippen molar-refractivity contribution < 1.29 is 4.79 Å². The minimum Gasteiger partial charge on any atom is -0.353 e. The highest BCUT2D eigenvalue weighted by atomic mass is 16.2. The van der Waals surface area contributed by atoms with E-state index in [9.17, 15) is 4.79 Å². The molecule has 0 spiro atoms. The van der Waals surface area contributed by atoms with Crippen molar-refractivity contribution in [2.75, 3.05) is 31.1 Å². The lowest BCUT2D eigenvalue weighted by Crippen LogP contribution is -2.49. The SMILES string of the molecule is Cc1cccc([C@H](CC(=O)N2CCN(c3ccccn3)CC2)n2cccc2)c1. The molecule has 3 aromatic rings. The van der Waals surface area contributed by atoms with E-state index in [1.54, 1.807) is 0 Å². The Morgan fingerprint density at radius 3 is 2.46 bits per heavy atom. The summed E-state index contributed by atoms with van der Waals surface area (Å²) >= 11 is 0. The van der Waals surface area contributed by atoms with Gasteiger partial charge in [-0.05, 0) is 36.8 Å². The molecule has 144 valence electrons. The Morgan fingerprint density at radius 2 is 1.79 bits per heavy atom. The summed E-state index contributed by atoms with van der Waals surface area (Å²) in [6.45, 7) is 5.21. The van der Waals surface area contributed by atoms with Crippen molar-refractivity contribution in [3.63, 3.8) is 0 Å². The van der Waals surface area contributed by atoms with Crippen LogP contribution in [0.15, 0.2) is 73.2 Å². The minimum atomic E-state index is 0.0243. The third-order valence-electron chi connectivity index (χ3n) is 5.39. The number of carbonyl (C=O) groups excluding carboxylic acids is 1. The van der Waals surface area contributed by atoms with Crippen LogP contribution in [0.2, 0.25) is 0 Å². The van der Waals surface area contributed by atoms with Gasteiger partial charge in [-0.25, -0.2) is 4.98 Å². The molecule has 1 fully saturated rings. The van der Waals surface area contributed by atoms with Crippen molar-refractivity contribution in [1.82, 2.24) is 14.5 Å². The largest absolute Gasteiger partial charge is 0.353 e. The van der Waals surface area contributed by atoms with Crippen molar-refractivity contribution in [2.45, 2.75) is 19.4 Å². The van der Waals surface area contributed by atoms with E-state index in [4.69, 9.17) is 0 Å². The van der Waals surface area contributed by atoms with Gasteiger partial charge < -0.3 is 14.4 Å². The third kappa shape index (κ3) is 4.09. The zero-order valence-electron chi connectivity index (χ0n) is 16.2. The maximum absolute atomic E-state index is 13.1. The fourth-order valence-corrected chi connectivity index (χ4v) is 3.85. The average molecular weight is 374 g/mol. The van der Waals surface area contributed by atoms with Crippen LogP contribution in [0, 0.1) is 6.92 Å². The first kappa shape index (κ1) is 18.3. The Labute approximate surface area is 166 Å². The van der Waals surface area contributed by atoms with Gasteiger partial charge in [-0.15, -0.1) is 0 Å². The van der Waals surface area contributed by atoms with Crippen molar-refractivity contribution >= 4 is 11.7 Å². The quantitative estimate of drug-likeness (QED) is 0.686. The summed E-state index contributed by atoms with van der Waals surface area (Å²) in [5.41, 5.74) is 2.39. The number of nitrogens with zero attached hydrogens (tertiary/aromatic N) is 4. The van der Waals surface area contributed by atoms with Crippen molar-refractivity contribution in [1.29, 1.82) is 0 Å². The zero-order valence-corrected chi connectivity index (χ0v) is 16.2. The normalized spacial score (nSPS) is 15.5. The average Bonchev–Trinajstić information content (AvgIpc) is 3.27. The minimum absolute atomic E-state index is 0.0243. The number of pyridine rings is 1. The Balaban J connectivity index is 1.44. The molecule has 0 bridgehead atoms. The second-order valence-electron chi connectivity index (χ2n) is 7.32. The molecular formula is C23H26N4O. The fourth-order valence-electron chi connectivity index (χ4n) is 3.85. The Bertz CT molecular complexity index is 899. The van der Waals surface area contributed by atoms with E-state index >= 15 is 0 Å². The third-order valence-corrected chi connectivity index (χ3v) is 5.39. The molecule has 0 N–H and O–H groups in total. The molecular weight excluding hydrogens is 348 g/mol. The van der Waals surface area contributed by atoms with Crippen molar-refractivity contribution in [3.8, 4) is 0 Å². The van der Waals surface area contributed by atoms with Gasteiger partial charge in [0.15, 0.2) is 0 Å². The Kier molecular flexibility index (Phi) is 5.42. The van der Waals surface area contributed by atoms with Crippen LogP contribution in [0.3, 0.4) is 0 Å². The number of rotatable bonds is 5. The van der Waals surface area contributed by atoms with Crippen LogP contribution >= 0.6 is 0 Å². The summed E-state index contributed by atoms with van der Waals surface area (Å²) in [7, 11) is 0. The first-order valence-corrected chi connectivity index (χ1v) is 9.83. The number of carbonyl (C=O) groups is 1. The van der Waals surface area contributed by atoms with E-state index in [0.717, 1.165) is 32.0 Å². The van der Waals surface area contributed by atoms with E-state index in [1.807, 2.05) is 53.8 Å². The number of hydrogen-bond acceptors (Lipinski definition) is 3. The van der Waals surface area contributed by atoms with Crippen LogP contribution in [0.25, 0.3) is 0 Å². The number of aryl methyl sites for hydroxylation is 1. The predicted octanol–water partition coefficient (Wildman–Crippen LogP) is 3.52. The monoisotopic (exact) mass is 374 g/mol. The van der Waals surface area contributed by atoms with Crippen LogP contribution < -0.4 is 4.90 Å². The number of aromatic nitrogens is 2. The number of piperazine rings is 1. The lowest BCUT2D eigenvalue weighted by Gasteiger charge is -2.36. The molecule has 1 saturated heterocycles. The molecule has 1 amide bonds. The van der Waals surface area contributed by atoms with Gasteiger partial charge in [0.25, 0.3) is 0 Å². The van der Waals surface area contributed by atoms with Crippen molar-refractivity contribution in [3.05, 3.63) is 84.3 Å². The molecule has 5 heteroatoms. The molecule has 0 saturated carbocycles. The van der Waals surface area contributed by atoms with Gasteiger partial charge in [0.05, 0.1) is 12.5 Å². The molecule has 1 aliphatic rings. The molecule has 1 atom stereocenters. The molecule has 5 nitrogen and oxygen atoms in total. The number of hydrogen-bond donors (Lipinski definition) is 0. The summed E-state index contributed by atoms with van der Waals surface area (Å²) in [6.07, 6.45) is 6.37. The van der Waals surface area contributed by atoms with Crippen molar-refractivity contribution in [2.24, 2.45) is 0 Å². The first-order chi connectivity index (χ1) is 13.7. The maximum Gasteiger partial charge on any atom is 0.225 e. The zero-order chi connectivity index (χ0) is 19.3. The molecule has 0 radical (unpaired) electrons. The highest BCUT2D eigenvalue weighted by Crippen LogP contribution is 2.25. The summed E-state index contributed by atoms with van der Waals surface area (Å²) in [4.78, 5) is 21.7. The van der Waals surface area contributed by atoms with Crippen LogP contribution in [0.4, 0.5) is 5.82 Å². The molecule has 1 aromatic carbocycles. The van der Waals surface area contributed by atoms with Crippen LogP contribution in [-0.2, 0) is 4.79 Å². The molecule has 1 aliphatic heterocycles. The van der Waals surface area contributed by atoms with Gasteiger partial charge in [0.1, 0.15) is 5.82 Å². The molecule has 4 rings (SSSR count). The van der Waals surface area contributed by atoms with Crippen LogP contribution in [0.5, 0.6) is 0 Å². The van der Waals surface area contributed by atoms with Gasteiger partial charge in [-0.1, -0.05) is 35.9 Å². The van der Waals surface area contributed by atoms with Gasteiger partial charge in [-0.2, -0.15) is 0 Å². The molecule has 0 unspecified atom stereocenters. The second-order valence-corrected chi connectivity index (χ2v) is 7.32. The van der Waals surface area contributed by atoms with E-state index in [0.29, 0.717) is 6.42 Å². The molecule has 28 heavy (non-hydrogen) atoms.